The highest BCUT2D eigenvalue weighted by atomic mass is 32.2. The quantitative estimate of drug-likeness (QED) is 0.789. The number of sulfonamides is 1. The average molecular weight is 350 g/mol. The first-order valence-electron chi connectivity index (χ1n) is 6.51. The summed E-state index contributed by atoms with van der Waals surface area (Å²) in [6.07, 6.45) is 6.26. The van der Waals surface area contributed by atoms with Crippen LogP contribution in [0.2, 0.25) is 0 Å². The lowest BCUT2D eigenvalue weighted by atomic mass is 10.1. The Morgan fingerprint density at radius 1 is 1.52 bits per heavy atom. The van der Waals surface area contributed by atoms with E-state index in [-0.39, 0.29) is 14.7 Å². The van der Waals surface area contributed by atoms with Gasteiger partial charge in [-0.1, -0.05) is 12.8 Å². The standard InChI is InChI=1S/C12H18N2O4S3/c1-18-10(15)9-11(20-8-13-9)21(16,17)14-7-12(19-2)5-3-4-6-12/h8,14H,3-7H2,1-2H3. The summed E-state index contributed by atoms with van der Waals surface area (Å²) in [6.45, 7) is 0.370. The van der Waals surface area contributed by atoms with Crippen LogP contribution < -0.4 is 4.72 Å². The summed E-state index contributed by atoms with van der Waals surface area (Å²) >= 11 is 2.62. The predicted octanol–water partition coefficient (Wildman–Crippen LogP) is 1.88. The van der Waals surface area contributed by atoms with Crippen molar-refractivity contribution in [1.29, 1.82) is 0 Å². The Labute approximate surface area is 132 Å². The number of hydrogen-bond acceptors (Lipinski definition) is 7. The van der Waals surface area contributed by atoms with E-state index < -0.39 is 16.0 Å². The van der Waals surface area contributed by atoms with Crippen LogP contribution >= 0.6 is 23.1 Å². The van der Waals surface area contributed by atoms with Crippen LogP contribution in [0, 0.1) is 0 Å². The number of rotatable bonds is 6. The SMILES string of the molecule is COC(=O)c1ncsc1S(=O)(=O)NCC1(SC)CCCC1. The Balaban J connectivity index is 2.16. The maximum absolute atomic E-state index is 12.4. The van der Waals surface area contributed by atoms with E-state index >= 15 is 0 Å². The number of nitrogens with zero attached hydrogens (tertiary/aromatic N) is 1. The molecule has 0 saturated heterocycles. The summed E-state index contributed by atoms with van der Waals surface area (Å²) in [4.78, 5) is 15.3. The van der Waals surface area contributed by atoms with Crippen molar-refractivity contribution >= 4 is 39.1 Å². The zero-order valence-corrected chi connectivity index (χ0v) is 14.4. The predicted molar refractivity (Wildman–Crippen MR) is 83.4 cm³/mol. The number of carbonyl (C=O) groups excluding carboxylic acids is 1. The summed E-state index contributed by atoms with van der Waals surface area (Å²) in [5, 5.41) is 0. The molecular weight excluding hydrogens is 332 g/mol. The van der Waals surface area contributed by atoms with Gasteiger partial charge in [-0.3, -0.25) is 0 Å². The van der Waals surface area contributed by atoms with Crippen molar-refractivity contribution in [1.82, 2.24) is 9.71 Å². The van der Waals surface area contributed by atoms with Gasteiger partial charge in [-0.2, -0.15) is 11.8 Å². The molecule has 1 heterocycles. The minimum atomic E-state index is -3.75. The molecule has 0 amide bonds. The molecule has 0 atom stereocenters. The Kier molecular flexibility index (Phi) is 5.29. The van der Waals surface area contributed by atoms with E-state index in [4.69, 9.17) is 0 Å². The molecule has 118 valence electrons. The number of carbonyl (C=O) groups is 1. The van der Waals surface area contributed by atoms with Crippen molar-refractivity contribution in [3.63, 3.8) is 0 Å². The highest BCUT2D eigenvalue weighted by molar-refractivity contribution is 8.00. The Bertz CT molecular complexity index is 606. The average Bonchev–Trinajstić information content (AvgIpc) is 3.14. The summed E-state index contributed by atoms with van der Waals surface area (Å²) in [5.74, 6) is -0.739. The van der Waals surface area contributed by atoms with Crippen molar-refractivity contribution in [2.24, 2.45) is 0 Å². The highest BCUT2D eigenvalue weighted by Gasteiger charge is 2.35. The number of hydrogen-bond donors (Lipinski definition) is 1. The molecular formula is C12H18N2O4S3. The number of thioether (sulfide) groups is 1. The lowest BCUT2D eigenvalue weighted by Gasteiger charge is -2.26. The normalized spacial score (nSPS) is 17.8. The molecule has 1 aliphatic carbocycles. The third-order valence-electron chi connectivity index (χ3n) is 3.69. The van der Waals surface area contributed by atoms with Gasteiger partial charge in [0.1, 0.15) is 0 Å². The summed E-state index contributed by atoms with van der Waals surface area (Å²) in [6, 6.07) is 0. The molecule has 2 rings (SSSR count). The fraction of sp³-hybridized carbons (Fsp3) is 0.667. The van der Waals surface area contributed by atoms with Gasteiger partial charge < -0.3 is 4.74 Å². The second-order valence-corrected chi connectivity index (χ2v) is 8.99. The van der Waals surface area contributed by atoms with Crippen LogP contribution in [-0.2, 0) is 14.8 Å². The van der Waals surface area contributed by atoms with Crippen molar-refractivity contribution in [3.8, 4) is 0 Å². The zero-order valence-electron chi connectivity index (χ0n) is 11.9. The zero-order chi connectivity index (χ0) is 15.5. The van der Waals surface area contributed by atoms with E-state index in [9.17, 15) is 13.2 Å². The number of nitrogens with one attached hydrogen (secondary N) is 1. The second-order valence-electron chi connectivity index (χ2n) is 4.90. The van der Waals surface area contributed by atoms with Crippen LogP contribution in [0.5, 0.6) is 0 Å². The number of thiazole rings is 1. The van der Waals surface area contributed by atoms with Crippen molar-refractivity contribution in [3.05, 3.63) is 11.2 Å². The Hall–Kier alpha value is -0.640. The van der Waals surface area contributed by atoms with Gasteiger partial charge in [0.25, 0.3) is 10.0 Å². The third kappa shape index (κ3) is 3.58. The third-order valence-corrected chi connectivity index (χ3v) is 7.88. The number of ether oxygens (including phenoxy) is 1. The first kappa shape index (κ1) is 16.7. The van der Waals surface area contributed by atoms with E-state index in [2.05, 4.69) is 14.4 Å². The fourth-order valence-electron chi connectivity index (χ4n) is 2.42. The molecule has 0 aromatic carbocycles. The van der Waals surface area contributed by atoms with Gasteiger partial charge in [0.2, 0.25) is 0 Å². The molecule has 0 aliphatic heterocycles. The molecule has 1 fully saturated rings. The van der Waals surface area contributed by atoms with Crippen molar-refractivity contribution < 1.29 is 17.9 Å². The van der Waals surface area contributed by atoms with Gasteiger partial charge in [-0.15, -0.1) is 11.3 Å². The number of esters is 1. The van der Waals surface area contributed by atoms with Crippen LogP contribution in [0.3, 0.4) is 0 Å². The van der Waals surface area contributed by atoms with Crippen LogP contribution in [0.1, 0.15) is 36.2 Å². The van der Waals surface area contributed by atoms with Gasteiger partial charge >= 0.3 is 5.97 Å². The fourth-order valence-corrected chi connectivity index (χ4v) is 5.73. The lowest BCUT2D eigenvalue weighted by Crippen LogP contribution is -2.38. The molecule has 6 nitrogen and oxygen atoms in total. The largest absolute Gasteiger partial charge is 0.464 e. The van der Waals surface area contributed by atoms with Gasteiger partial charge in [-0.05, 0) is 19.1 Å². The molecule has 0 spiro atoms. The molecule has 21 heavy (non-hydrogen) atoms. The number of methoxy groups -OCH3 is 1. The van der Waals surface area contributed by atoms with Gasteiger partial charge in [0, 0.05) is 11.3 Å². The molecule has 0 bridgehead atoms. The van der Waals surface area contributed by atoms with E-state index in [0.717, 1.165) is 37.0 Å². The maximum atomic E-state index is 12.4. The molecule has 1 saturated carbocycles. The highest BCUT2D eigenvalue weighted by Crippen LogP contribution is 2.39. The Morgan fingerprint density at radius 3 is 2.76 bits per heavy atom. The van der Waals surface area contributed by atoms with E-state index in [0.29, 0.717) is 6.54 Å². The molecule has 1 aromatic heterocycles. The minimum Gasteiger partial charge on any atom is -0.464 e. The first-order chi connectivity index (χ1) is 9.94. The first-order valence-corrected chi connectivity index (χ1v) is 10.1. The summed E-state index contributed by atoms with van der Waals surface area (Å²) in [5.41, 5.74) is 1.18. The lowest BCUT2D eigenvalue weighted by molar-refractivity contribution is 0.0590. The molecule has 0 unspecified atom stereocenters. The molecule has 1 N–H and O–H groups in total. The molecule has 1 aliphatic rings. The summed E-state index contributed by atoms with van der Waals surface area (Å²) < 4.78 is 31.9. The van der Waals surface area contributed by atoms with Gasteiger partial charge in [0.05, 0.1) is 12.6 Å². The van der Waals surface area contributed by atoms with E-state index in [1.54, 1.807) is 11.8 Å². The minimum absolute atomic E-state index is 0.0385. The van der Waals surface area contributed by atoms with Gasteiger partial charge in [-0.25, -0.2) is 22.9 Å². The van der Waals surface area contributed by atoms with Crippen LogP contribution in [0.4, 0.5) is 0 Å². The molecule has 0 radical (unpaired) electrons. The number of aromatic nitrogens is 1. The van der Waals surface area contributed by atoms with Gasteiger partial charge in [0.15, 0.2) is 9.90 Å². The summed E-state index contributed by atoms with van der Waals surface area (Å²) in [7, 11) is -2.55. The van der Waals surface area contributed by atoms with E-state index in [1.807, 2.05) is 6.26 Å². The smallest absolute Gasteiger partial charge is 0.358 e. The molecule has 9 heteroatoms. The second kappa shape index (κ2) is 6.64. The van der Waals surface area contributed by atoms with Crippen LogP contribution in [-0.4, -0.2) is 44.0 Å². The van der Waals surface area contributed by atoms with Crippen molar-refractivity contribution in [2.45, 2.75) is 34.6 Å². The van der Waals surface area contributed by atoms with E-state index in [1.165, 1.54) is 12.6 Å². The molecule has 1 aromatic rings. The topological polar surface area (TPSA) is 85.4 Å². The van der Waals surface area contributed by atoms with Crippen molar-refractivity contribution in [2.75, 3.05) is 19.9 Å². The Morgan fingerprint density at radius 2 is 2.19 bits per heavy atom. The monoisotopic (exact) mass is 350 g/mol. The maximum Gasteiger partial charge on any atom is 0.358 e. The van der Waals surface area contributed by atoms with Crippen LogP contribution in [0.25, 0.3) is 0 Å². The van der Waals surface area contributed by atoms with Crippen LogP contribution in [0.15, 0.2) is 9.72 Å².